The second kappa shape index (κ2) is 5.54. The number of nitrogens with two attached hydrogens (primary N) is 1. The Kier molecular flexibility index (Phi) is 4.01. The third-order valence-corrected chi connectivity index (χ3v) is 3.64. The minimum absolute atomic E-state index is 0.240. The summed E-state index contributed by atoms with van der Waals surface area (Å²) in [5.41, 5.74) is 7.19. The van der Waals surface area contributed by atoms with Gasteiger partial charge in [-0.1, -0.05) is 34.7 Å². The van der Waals surface area contributed by atoms with Crippen LogP contribution < -0.4 is 5.73 Å². The van der Waals surface area contributed by atoms with E-state index < -0.39 is 6.09 Å². The van der Waals surface area contributed by atoms with Gasteiger partial charge in [-0.25, -0.2) is 4.79 Å². The van der Waals surface area contributed by atoms with Gasteiger partial charge >= 0.3 is 6.09 Å². The molecule has 3 N–H and O–H groups in total. The summed E-state index contributed by atoms with van der Waals surface area (Å²) in [5.74, 6) is 6.35. The smallest absolute Gasteiger partial charge is 0.408 e. The summed E-state index contributed by atoms with van der Waals surface area (Å²) in [5, 5.41) is 9.12. The van der Waals surface area contributed by atoms with E-state index in [4.69, 9.17) is 10.8 Å². The number of halogens is 1. The monoisotopic (exact) mass is 322 g/mol. The highest BCUT2D eigenvalue weighted by Gasteiger charge is 2.31. The van der Waals surface area contributed by atoms with Crippen molar-refractivity contribution in [2.24, 2.45) is 5.92 Å². The average Bonchev–Trinajstić information content (AvgIpc) is 2.69. The lowest BCUT2D eigenvalue weighted by molar-refractivity contribution is 0.147. The van der Waals surface area contributed by atoms with Gasteiger partial charge in [-0.15, -0.1) is 0 Å². The van der Waals surface area contributed by atoms with E-state index in [1.807, 2.05) is 19.1 Å². The van der Waals surface area contributed by atoms with Gasteiger partial charge in [0, 0.05) is 22.3 Å². The Morgan fingerprint density at radius 3 is 2.95 bits per heavy atom. The number of carboxylic acid groups (broad SMARTS) is 1. The summed E-state index contributed by atoms with van der Waals surface area (Å²) < 4.78 is 0.900. The van der Waals surface area contributed by atoms with Gasteiger partial charge in [-0.2, -0.15) is 0 Å². The number of hydrogen-bond acceptors (Lipinski definition) is 2. The molecule has 2 rings (SSSR count). The Hall–Kier alpha value is -1.67. The quantitative estimate of drug-likeness (QED) is 0.570. The van der Waals surface area contributed by atoms with Gasteiger partial charge in [0.1, 0.15) is 0 Å². The summed E-state index contributed by atoms with van der Waals surface area (Å²) in [6.07, 6.45) is -0.136. The summed E-state index contributed by atoms with van der Waals surface area (Å²) in [7, 11) is 0. The maximum Gasteiger partial charge on any atom is 0.408 e. The van der Waals surface area contributed by atoms with Crippen LogP contribution >= 0.6 is 15.9 Å². The van der Waals surface area contributed by atoms with Gasteiger partial charge < -0.3 is 10.8 Å². The lowest BCUT2D eigenvalue weighted by atomic mass is 10.1. The number of hydrogen-bond donors (Lipinski definition) is 2. The van der Waals surface area contributed by atoms with E-state index >= 15 is 0 Å². The normalized spacial score (nSPS) is 21.9. The van der Waals surface area contributed by atoms with Crippen molar-refractivity contribution in [1.29, 1.82) is 0 Å². The van der Waals surface area contributed by atoms with Crippen molar-refractivity contribution in [3.63, 3.8) is 0 Å². The lowest BCUT2D eigenvalue weighted by Crippen LogP contribution is -2.33. The number of likely N-dealkylation sites (tertiary alicyclic amines) is 1. The molecule has 0 bridgehead atoms. The van der Waals surface area contributed by atoms with Crippen LogP contribution in [-0.2, 0) is 0 Å². The van der Waals surface area contributed by atoms with Gasteiger partial charge in [0.15, 0.2) is 0 Å². The highest BCUT2D eigenvalue weighted by Crippen LogP contribution is 2.23. The molecule has 1 aliphatic heterocycles. The van der Waals surface area contributed by atoms with E-state index in [1.54, 1.807) is 6.07 Å². The highest BCUT2D eigenvalue weighted by molar-refractivity contribution is 9.10. The highest BCUT2D eigenvalue weighted by atomic mass is 79.9. The number of amides is 1. The first kappa shape index (κ1) is 13.8. The van der Waals surface area contributed by atoms with E-state index in [2.05, 4.69) is 27.8 Å². The molecule has 1 fully saturated rings. The molecule has 1 heterocycles. The minimum atomic E-state index is -0.910. The first-order chi connectivity index (χ1) is 8.97. The predicted molar refractivity (Wildman–Crippen MR) is 77.7 cm³/mol. The summed E-state index contributed by atoms with van der Waals surface area (Å²) in [6, 6.07) is 5.24. The van der Waals surface area contributed by atoms with Crippen LogP contribution in [0.3, 0.4) is 0 Å². The molecule has 0 aromatic heterocycles. The molecule has 2 atom stereocenters. The van der Waals surface area contributed by atoms with E-state index in [9.17, 15) is 4.79 Å². The van der Waals surface area contributed by atoms with Gasteiger partial charge in [-0.05, 0) is 30.5 Å². The number of nitrogens with zero attached hydrogens (tertiary/aromatic N) is 1. The average molecular weight is 323 g/mol. The number of rotatable bonds is 0. The topological polar surface area (TPSA) is 66.6 Å². The zero-order valence-corrected chi connectivity index (χ0v) is 12.1. The Balaban J connectivity index is 2.21. The Morgan fingerprint density at radius 1 is 1.58 bits per heavy atom. The molecule has 0 saturated carbocycles. The second-order valence-electron chi connectivity index (χ2n) is 4.79. The number of nitrogen functional groups attached to an aromatic ring is 1. The lowest BCUT2D eigenvalue weighted by Gasteiger charge is -2.15. The van der Waals surface area contributed by atoms with Crippen LogP contribution in [0, 0.1) is 17.8 Å². The summed E-state index contributed by atoms with van der Waals surface area (Å²) in [4.78, 5) is 12.5. The molecule has 100 valence electrons. The third-order valence-electron chi connectivity index (χ3n) is 3.14. The zero-order valence-electron chi connectivity index (χ0n) is 10.6. The molecule has 0 unspecified atom stereocenters. The first-order valence-electron chi connectivity index (χ1n) is 6.03. The zero-order chi connectivity index (χ0) is 14.0. The van der Waals surface area contributed by atoms with Crippen molar-refractivity contribution in [3.05, 3.63) is 28.2 Å². The van der Waals surface area contributed by atoms with Gasteiger partial charge in [-0.3, -0.25) is 4.90 Å². The Bertz CT molecular complexity index is 562. The fourth-order valence-corrected chi connectivity index (χ4v) is 2.58. The van der Waals surface area contributed by atoms with Crippen LogP contribution in [0.1, 0.15) is 18.9 Å². The Morgan fingerprint density at radius 2 is 2.32 bits per heavy atom. The molecule has 1 saturated heterocycles. The molecule has 1 aromatic rings. The number of anilines is 1. The van der Waals surface area contributed by atoms with E-state index in [-0.39, 0.29) is 6.04 Å². The molecule has 1 aliphatic rings. The van der Waals surface area contributed by atoms with Crippen molar-refractivity contribution in [2.45, 2.75) is 19.4 Å². The van der Waals surface area contributed by atoms with Crippen LogP contribution in [0.4, 0.5) is 10.5 Å². The van der Waals surface area contributed by atoms with Crippen molar-refractivity contribution in [2.75, 3.05) is 12.3 Å². The van der Waals surface area contributed by atoms with Crippen molar-refractivity contribution < 1.29 is 9.90 Å². The van der Waals surface area contributed by atoms with Gasteiger partial charge in [0.2, 0.25) is 0 Å². The van der Waals surface area contributed by atoms with Crippen LogP contribution in [0.25, 0.3) is 0 Å². The van der Waals surface area contributed by atoms with E-state index in [1.165, 1.54) is 4.90 Å². The molecule has 0 radical (unpaired) electrons. The molecule has 0 spiro atoms. The first-order valence-corrected chi connectivity index (χ1v) is 6.83. The Labute approximate surface area is 120 Å². The SMILES string of the molecule is C[C@H]1C[C@@H](C#Cc2ccc(Br)cc2N)N(C(=O)O)C1. The van der Waals surface area contributed by atoms with Gasteiger partial charge in [0.05, 0.1) is 6.04 Å². The van der Waals surface area contributed by atoms with E-state index in [0.717, 1.165) is 16.5 Å². The van der Waals surface area contributed by atoms with Crippen LogP contribution in [-0.4, -0.2) is 28.7 Å². The van der Waals surface area contributed by atoms with Crippen molar-refractivity contribution >= 4 is 27.7 Å². The molecular formula is C14H15BrN2O2. The largest absolute Gasteiger partial charge is 0.465 e. The third kappa shape index (κ3) is 3.21. The maximum atomic E-state index is 11.1. The van der Waals surface area contributed by atoms with Crippen LogP contribution in [0.15, 0.2) is 22.7 Å². The minimum Gasteiger partial charge on any atom is -0.465 e. The number of benzene rings is 1. The molecule has 1 aromatic carbocycles. The van der Waals surface area contributed by atoms with Gasteiger partial charge in [0.25, 0.3) is 0 Å². The van der Waals surface area contributed by atoms with E-state index in [0.29, 0.717) is 18.2 Å². The molecule has 5 heteroatoms. The van der Waals surface area contributed by atoms with Crippen LogP contribution in [0.5, 0.6) is 0 Å². The number of carbonyl (C=O) groups is 1. The molecular weight excluding hydrogens is 308 g/mol. The van der Waals surface area contributed by atoms with Crippen molar-refractivity contribution in [3.8, 4) is 11.8 Å². The molecule has 19 heavy (non-hydrogen) atoms. The fraction of sp³-hybridized carbons (Fsp3) is 0.357. The molecule has 0 aliphatic carbocycles. The maximum absolute atomic E-state index is 11.1. The molecule has 1 amide bonds. The molecule has 4 nitrogen and oxygen atoms in total. The fourth-order valence-electron chi connectivity index (χ4n) is 2.20. The summed E-state index contributed by atoms with van der Waals surface area (Å²) in [6.45, 7) is 2.58. The van der Waals surface area contributed by atoms with Crippen molar-refractivity contribution in [1.82, 2.24) is 4.90 Å². The second-order valence-corrected chi connectivity index (χ2v) is 5.71. The summed E-state index contributed by atoms with van der Waals surface area (Å²) >= 11 is 3.34. The predicted octanol–water partition coefficient (Wildman–Crippen LogP) is 2.77. The van der Waals surface area contributed by atoms with Crippen LogP contribution in [0.2, 0.25) is 0 Å². The standard InChI is InChI=1S/C14H15BrN2O2/c1-9-6-12(17(8-9)14(18)19)5-3-10-2-4-11(15)7-13(10)16/h2,4,7,9,12H,6,8,16H2,1H3,(H,18,19)/t9-,12+/m0/s1.